The van der Waals surface area contributed by atoms with E-state index in [2.05, 4.69) is 121 Å². The van der Waals surface area contributed by atoms with Gasteiger partial charge in [0, 0.05) is 30.8 Å². The molecule has 2 heterocycles. The first-order valence-corrected chi connectivity index (χ1v) is 15.6. The van der Waals surface area contributed by atoms with Crippen molar-refractivity contribution in [2.24, 2.45) is 5.73 Å². The molecule has 1 aliphatic rings. The van der Waals surface area contributed by atoms with Gasteiger partial charge in [-0.05, 0) is 66.4 Å². The standard InChI is InChI=1S/C35H30N2S.C2H5N.C2H6/c1-4-11-24(5-2)16-17-25(6-3)26-18-20-29-28-12-7-9-14-32(28)37(33(29)22-26)36-27-19-21-31-30-13-8-10-15-34(30)38-35(31)23-27;1-2-3;1-2/h4-6,8,10-15,17-23,36H,1-3,7,9,16H2;2H,1,3H2;1-2H3/b24-11+,25-17+;;. The molecule has 2 aromatic heterocycles. The van der Waals surface area contributed by atoms with Crippen LogP contribution in [0.3, 0.4) is 0 Å². The number of rotatable bonds is 8. The van der Waals surface area contributed by atoms with Gasteiger partial charge in [0.25, 0.3) is 0 Å². The first kappa shape index (κ1) is 31.1. The van der Waals surface area contributed by atoms with Crippen LogP contribution in [0, 0.1) is 0 Å². The quantitative estimate of drug-likeness (QED) is 0.179. The summed E-state index contributed by atoms with van der Waals surface area (Å²) in [5, 5.41) is 6.42. The minimum Gasteiger partial charge on any atom is -0.405 e. The molecule has 0 aliphatic heterocycles. The number of nitrogens with two attached hydrogens (primary N) is 1. The van der Waals surface area contributed by atoms with Crippen molar-refractivity contribution in [3.05, 3.63) is 145 Å². The topological polar surface area (TPSA) is 43.0 Å². The molecule has 0 spiro atoms. The fourth-order valence-electron chi connectivity index (χ4n) is 5.34. The van der Waals surface area contributed by atoms with Crippen LogP contribution in [0.15, 0.2) is 129 Å². The van der Waals surface area contributed by atoms with Gasteiger partial charge in [0.1, 0.15) is 0 Å². The van der Waals surface area contributed by atoms with Gasteiger partial charge >= 0.3 is 0 Å². The number of hydrogen-bond donors (Lipinski definition) is 2. The van der Waals surface area contributed by atoms with E-state index in [0.717, 1.165) is 47.2 Å². The molecule has 6 rings (SSSR count). The van der Waals surface area contributed by atoms with E-state index in [-0.39, 0.29) is 0 Å². The monoisotopic (exact) mass is 583 g/mol. The van der Waals surface area contributed by atoms with Gasteiger partial charge in [-0.15, -0.1) is 11.3 Å². The van der Waals surface area contributed by atoms with E-state index in [4.69, 9.17) is 0 Å². The molecule has 4 heteroatoms. The van der Waals surface area contributed by atoms with Crippen molar-refractivity contribution in [1.29, 1.82) is 0 Å². The molecule has 0 fully saturated rings. The smallest absolute Gasteiger partial charge is 0.0715 e. The Bertz CT molecular complexity index is 1980. The molecule has 1 aliphatic carbocycles. The number of hydrogen-bond acceptors (Lipinski definition) is 3. The molecular weight excluding hydrogens is 543 g/mol. The molecule has 5 aromatic rings. The minimum atomic E-state index is 0.779. The first-order valence-electron chi connectivity index (χ1n) is 14.7. The first-order chi connectivity index (χ1) is 21.1. The Morgan fingerprint density at radius 2 is 1.60 bits per heavy atom. The maximum Gasteiger partial charge on any atom is 0.0715 e. The van der Waals surface area contributed by atoms with Crippen molar-refractivity contribution in [1.82, 2.24) is 4.68 Å². The molecule has 218 valence electrons. The third kappa shape index (κ3) is 6.66. The van der Waals surface area contributed by atoms with Crippen molar-refractivity contribution < 1.29 is 0 Å². The second kappa shape index (κ2) is 14.9. The number of aromatic nitrogens is 1. The van der Waals surface area contributed by atoms with Crippen molar-refractivity contribution in [2.45, 2.75) is 33.1 Å². The molecule has 3 nitrogen and oxygen atoms in total. The number of nitrogens with zero attached hydrogens (tertiary/aromatic N) is 1. The Hall–Kier alpha value is -4.80. The van der Waals surface area contributed by atoms with E-state index in [9.17, 15) is 0 Å². The number of fused-ring (bicyclic) bond motifs is 6. The highest BCUT2D eigenvalue weighted by Gasteiger charge is 2.13. The number of allylic oxidation sites excluding steroid dienone is 7. The molecule has 0 bridgehead atoms. The van der Waals surface area contributed by atoms with E-state index in [0.29, 0.717) is 0 Å². The Labute approximate surface area is 259 Å². The van der Waals surface area contributed by atoms with Crippen LogP contribution in [0.2, 0.25) is 0 Å². The molecular formula is C39H41N3S. The van der Waals surface area contributed by atoms with Crippen molar-refractivity contribution in [2.75, 3.05) is 5.43 Å². The molecule has 3 N–H and O–H groups in total. The van der Waals surface area contributed by atoms with Crippen LogP contribution < -0.4 is 21.7 Å². The molecule has 0 saturated heterocycles. The van der Waals surface area contributed by atoms with Crippen LogP contribution >= 0.6 is 11.3 Å². The zero-order chi connectivity index (χ0) is 30.8. The Kier molecular flexibility index (Phi) is 10.8. The molecule has 0 saturated carbocycles. The summed E-state index contributed by atoms with van der Waals surface area (Å²) in [7, 11) is 0. The molecule has 0 unspecified atom stereocenters. The lowest BCUT2D eigenvalue weighted by atomic mass is 10.0. The molecule has 3 aromatic carbocycles. The van der Waals surface area contributed by atoms with Crippen LogP contribution in [-0.4, -0.2) is 4.68 Å². The van der Waals surface area contributed by atoms with Crippen LogP contribution in [0.5, 0.6) is 0 Å². The maximum atomic E-state index is 4.61. The number of nitrogens with one attached hydrogen (secondary N) is 1. The van der Waals surface area contributed by atoms with E-state index < -0.39 is 0 Å². The highest BCUT2D eigenvalue weighted by molar-refractivity contribution is 7.25. The van der Waals surface area contributed by atoms with Crippen molar-refractivity contribution in [3.63, 3.8) is 0 Å². The average molecular weight is 584 g/mol. The molecule has 0 atom stereocenters. The summed E-state index contributed by atoms with van der Waals surface area (Å²) in [5.74, 6) is 0. The van der Waals surface area contributed by atoms with Gasteiger partial charge in [0.2, 0.25) is 0 Å². The third-order valence-electron chi connectivity index (χ3n) is 7.22. The van der Waals surface area contributed by atoms with Crippen LogP contribution in [0.1, 0.15) is 38.7 Å². The molecule has 43 heavy (non-hydrogen) atoms. The Morgan fingerprint density at radius 1 is 0.884 bits per heavy atom. The second-order valence-electron chi connectivity index (χ2n) is 9.76. The van der Waals surface area contributed by atoms with E-state index >= 15 is 0 Å². The second-order valence-corrected chi connectivity index (χ2v) is 10.8. The predicted molar refractivity (Wildman–Crippen MR) is 195 cm³/mol. The van der Waals surface area contributed by atoms with Gasteiger partial charge in [-0.3, -0.25) is 10.1 Å². The normalized spacial score (nSPS) is 12.5. The van der Waals surface area contributed by atoms with Crippen molar-refractivity contribution in [3.8, 4) is 0 Å². The fourth-order valence-corrected chi connectivity index (χ4v) is 6.48. The van der Waals surface area contributed by atoms with Gasteiger partial charge in [0.05, 0.1) is 16.6 Å². The zero-order valence-corrected chi connectivity index (χ0v) is 26.1. The summed E-state index contributed by atoms with van der Waals surface area (Å²) in [5.41, 5.74) is 14.0. The van der Waals surface area contributed by atoms with Crippen LogP contribution in [0.25, 0.3) is 48.8 Å². The van der Waals surface area contributed by atoms with Crippen LogP contribution in [-0.2, 0) is 0 Å². The average Bonchev–Trinajstić information content (AvgIpc) is 3.57. The summed E-state index contributed by atoms with van der Waals surface area (Å²) in [6.07, 6.45) is 18.7. The van der Waals surface area contributed by atoms with Gasteiger partial charge in [-0.1, -0.05) is 119 Å². The summed E-state index contributed by atoms with van der Waals surface area (Å²) < 4.78 is 4.87. The van der Waals surface area contributed by atoms with Gasteiger partial charge in [-0.25, -0.2) is 0 Å². The Morgan fingerprint density at radius 3 is 2.35 bits per heavy atom. The number of anilines is 1. The Balaban J connectivity index is 0.000000798. The van der Waals surface area contributed by atoms with Crippen LogP contribution in [0.4, 0.5) is 5.69 Å². The predicted octanol–water partition coefficient (Wildman–Crippen LogP) is 9.61. The summed E-state index contributed by atoms with van der Waals surface area (Å²) in [4.78, 5) is 0. The highest BCUT2D eigenvalue weighted by Crippen LogP contribution is 2.35. The summed E-state index contributed by atoms with van der Waals surface area (Å²) in [6.45, 7) is 19.0. The molecule has 0 radical (unpaired) electrons. The lowest BCUT2D eigenvalue weighted by molar-refractivity contribution is 0.947. The van der Waals surface area contributed by atoms with E-state index in [1.165, 1.54) is 42.3 Å². The lowest BCUT2D eigenvalue weighted by Gasteiger charge is -2.12. The number of benzene rings is 3. The maximum absolute atomic E-state index is 4.61. The van der Waals surface area contributed by atoms with Gasteiger partial charge < -0.3 is 5.73 Å². The zero-order valence-electron chi connectivity index (χ0n) is 25.3. The highest BCUT2D eigenvalue weighted by atomic mass is 32.1. The largest absolute Gasteiger partial charge is 0.405 e. The van der Waals surface area contributed by atoms with Gasteiger partial charge in [0.15, 0.2) is 0 Å². The fraction of sp³-hybridized carbons (Fsp3) is 0.128. The number of thiophene rings is 1. The minimum absolute atomic E-state index is 0.779. The lowest BCUT2D eigenvalue weighted by Crippen LogP contribution is -2.34. The van der Waals surface area contributed by atoms with E-state index in [1.807, 2.05) is 43.4 Å². The SMILES string of the molecule is C=C/C=C(\C=C)C/C=C(\C=C)c1ccc2c3c(n(Nc4ccc5c(c4)sc4ccccc45)c2c1)=CCCC=3.C=CN.CC. The van der Waals surface area contributed by atoms with Gasteiger partial charge in [-0.2, -0.15) is 0 Å². The molecule has 0 amide bonds. The van der Waals surface area contributed by atoms with E-state index in [1.54, 1.807) is 6.08 Å². The van der Waals surface area contributed by atoms with Crippen molar-refractivity contribution >= 4 is 65.8 Å². The summed E-state index contributed by atoms with van der Waals surface area (Å²) in [6, 6.07) is 22.1. The summed E-state index contributed by atoms with van der Waals surface area (Å²) >= 11 is 1.84. The third-order valence-corrected chi connectivity index (χ3v) is 8.36.